The third-order valence-corrected chi connectivity index (χ3v) is 2.42. The predicted octanol–water partition coefficient (Wildman–Crippen LogP) is 1.44. The number of hydrogen-bond acceptors (Lipinski definition) is 3. The van der Waals surface area contributed by atoms with E-state index in [0.717, 1.165) is 6.54 Å². The van der Waals surface area contributed by atoms with Crippen molar-refractivity contribution in [2.45, 2.75) is 19.6 Å². The summed E-state index contributed by atoms with van der Waals surface area (Å²) >= 11 is 0. The van der Waals surface area contributed by atoms with Crippen LogP contribution in [0.15, 0.2) is 24.3 Å². The molecule has 0 saturated carbocycles. The quantitative estimate of drug-likeness (QED) is 0.743. The van der Waals surface area contributed by atoms with Crippen LogP contribution in [-0.4, -0.2) is 20.2 Å². The fourth-order valence-electron chi connectivity index (χ4n) is 1.73. The van der Waals surface area contributed by atoms with Gasteiger partial charge in [0, 0.05) is 19.7 Å². The van der Waals surface area contributed by atoms with Crippen molar-refractivity contribution in [1.82, 2.24) is 5.32 Å². The molecule has 0 aliphatic heterocycles. The summed E-state index contributed by atoms with van der Waals surface area (Å²) in [6.45, 7) is 4.25. The summed E-state index contributed by atoms with van der Waals surface area (Å²) < 4.78 is 5.17. The zero-order valence-corrected chi connectivity index (χ0v) is 9.49. The molecule has 3 heteroatoms. The Kier molecular flexibility index (Phi) is 5.32. The van der Waals surface area contributed by atoms with Gasteiger partial charge in [0.1, 0.15) is 0 Å². The van der Waals surface area contributed by atoms with Gasteiger partial charge in [-0.15, -0.1) is 0 Å². The molecular formula is C12H20N2O. The van der Waals surface area contributed by atoms with Crippen molar-refractivity contribution in [2.75, 3.05) is 20.2 Å². The Labute approximate surface area is 91.6 Å². The molecule has 0 spiro atoms. The molecule has 0 saturated heterocycles. The van der Waals surface area contributed by atoms with Gasteiger partial charge in [-0.25, -0.2) is 0 Å². The van der Waals surface area contributed by atoms with Gasteiger partial charge in [-0.1, -0.05) is 31.2 Å². The van der Waals surface area contributed by atoms with Gasteiger partial charge in [-0.3, -0.25) is 0 Å². The van der Waals surface area contributed by atoms with E-state index >= 15 is 0 Å². The van der Waals surface area contributed by atoms with Gasteiger partial charge in [0.25, 0.3) is 0 Å². The monoisotopic (exact) mass is 208 g/mol. The molecule has 0 bridgehead atoms. The van der Waals surface area contributed by atoms with Crippen LogP contribution in [0.25, 0.3) is 0 Å². The van der Waals surface area contributed by atoms with Gasteiger partial charge < -0.3 is 15.8 Å². The van der Waals surface area contributed by atoms with E-state index in [1.165, 1.54) is 11.1 Å². The fourth-order valence-corrected chi connectivity index (χ4v) is 1.73. The first-order valence-corrected chi connectivity index (χ1v) is 5.33. The smallest absolute Gasteiger partial charge is 0.0716 e. The van der Waals surface area contributed by atoms with Gasteiger partial charge in [0.2, 0.25) is 0 Å². The Morgan fingerprint density at radius 1 is 1.40 bits per heavy atom. The van der Waals surface area contributed by atoms with E-state index in [-0.39, 0.29) is 6.04 Å². The molecular weight excluding hydrogens is 188 g/mol. The lowest BCUT2D eigenvalue weighted by atomic mass is 10.0. The Bertz CT molecular complexity index is 289. The third-order valence-electron chi connectivity index (χ3n) is 2.42. The van der Waals surface area contributed by atoms with E-state index in [9.17, 15) is 0 Å². The molecule has 1 unspecified atom stereocenters. The van der Waals surface area contributed by atoms with Crippen molar-refractivity contribution >= 4 is 0 Å². The van der Waals surface area contributed by atoms with E-state index in [1.54, 1.807) is 7.11 Å². The van der Waals surface area contributed by atoms with Crippen molar-refractivity contribution in [2.24, 2.45) is 5.73 Å². The Morgan fingerprint density at radius 3 is 2.73 bits per heavy atom. The summed E-state index contributed by atoms with van der Waals surface area (Å²) in [5.41, 5.74) is 8.20. The third kappa shape index (κ3) is 3.30. The average Bonchev–Trinajstić information content (AvgIpc) is 2.27. The van der Waals surface area contributed by atoms with Crippen LogP contribution in [0.3, 0.4) is 0 Å². The van der Waals surface area contributed by atoms with Gasteiger partial charge in [0.05, 0.1) is 6.61 Å². The summed E-state index contributed by atoms with van der Waals surface area (Å²) in [6, 6.07) is 8.47. The van der Waals surface area contributed by atoms with Crippen LogP contribution in [-0.2, 0) is 11.3 Å². The Balaban J connectivity index is 2.88. The number of nitrogens with two attached hydrogens (primary N) is 1. The standard InChI is InChI=1S/C12H20N2O/c1-3-14-12(8-13)11-7-5-4-6-10(11)9-15-2/h4-7,12,14H,3,8-9,13H2,1-2H3. The molecule has 0 heterocycles. The molecule has 0 radical (unpaired) electrons. The second kappa shape index (κ2) is 6.56. The van der Waals surface area contributed by atoms with Crippen molar-refractivity contribution in [3.8, 4) is 0 Å². The van der Waals surface area contributed by atoms with Crippen LogP contribution >= 0.6 is 0 Å². The minimum Gasteiger partial charge on any atom is -0.380 e. The predicted molar refractivity (Wildman–Crippen MR) is 62.6 cm³/mol. The van der Waals surface area contributed by atoms with Crippen LogP contribution in [0.2, 0.25) is 0 Å². The summed E-state index contributed by atoms with van der Waals surface area (Å²) in [4.78, 5) is 0. The minimum absolute atomic E-state index is 0.223. The zero-order valence-electron chi connectivity index (χ0n) is 9.49. The second-order valence-corrected chi connectivity index (χ2v) is 3.48. The fraction of sp³-hybridized carbons (Fsp3) is 0.500. The van der Waals surface area contributed by atoms with Gasteiger partial charge >= 0.3 is 0 Å². The van der Waals surface area contributed by atoms with Crippen molar-refractivity contribution in [3.05, 3.63) is 35.4 Å². The zero-order chi connectivity index (χ0) is 11.1. The number of ether oxygens (including phenoxy) is 1. The van der Waals surface area contributed by atoms with E-state index < -0.39 is 0 Å². The van der Waals surface area contributed by atoms with E-state index in [1.807, 2.05) is 12.1 Å². The summed E-state index contributed by atoms with van der Waals surface area (Å²) in [6.07, 6.45) is 0. The number of benzene rings is 1. The number of likely N-dealkylation sites (N-methyl/N-ethyl adjacent to an activating group) is 1. The van der Waals surface area contributed by atoms with Crippen LogP contribution in [0, 0.1) is 0 Å². The maximum absolute atomic E-state index is 5.75. The lowest BCUT2D eigenvalue weighted by Gasteiger charge is -2.19. The van der Waals surface area contributed by atoms with Crippen molar-refractivity contribution in [1.29, 1.82) is 0 Å². The van der Waals surface area contributed by atoms with Crippen LogP contribution < -0.4 is 11.1 Å². The molecule has 1 atom stereocenters. The Hall–Kier alpha value is -0.900. The van der Waals surface area contributed by atoms with E-state index in [0.29, 0.717) is 13.2 Å². The Morgan fingerprint density at radius 2 is 2.13 bits per heavy atom. The van der Waals surface area contributed by atoms with E-state index in [2.05, 4.69) is 24.4 Å². The maximum Gasteiger partial charge on any atom is 0.0716 e. The number of hydrogen-bond donors (Lipinski definition) is 2. The SMILES string of the molecule is CCNC(CN)c1ccccc1COC. The molecule has 1 aromatic rings. The van der Waals surface area contributed by atoms with Crippen LogP contribution in [0.4, 0.5) is 0 Å². The molecule has 0 aliphatic rings. The maximum atomic E-state index is 5.75. The molecule has 15 heavy (non-hydrogen) atoms. The second-order valence-electron chi connectivity index (χ2n) is 3.48. The summed E-state index contributed by atoms with van der Waals surface area (Å²) in [7, 11) is 1.71. The number of nitrogens with one attached hydrogen (secondary N) is 1. The molecule has 1 aromatic carbocycles. The first-order chi connectivity index (χ1) is 7.33. The lowest BCUT2D eigenvalue weighted by Crippen LogP contribution is -2.28. The lowest BCUT2D eigenvalue weighted by molar-refractivity contribution is 0.183. The minimum atomic E-state index is 0.223. The summed E-state index contributed by atoms with van der Waals surface area (Å²) in [5.74, 6) is 0. The first-order valence-electron chi connectivity index (χ1n) is 5.33. The van der Waals surface area contributed by atoms with Crippen molar-refractivity contribution in [3.63, 3.8) is 0 Å². The average molecular weight is 208 g/mol. The molecule has 1 rings (SSSR count). The molecule has 3 N–H and O–H groups in total. The first kappa shape index (κ1) is 12.2. The highest BCUT2D eigenvalue weighted by Crippen LogP contribution is 2.17. The van der Waals surface area contributed by atoms with Gasteiger partial charge in [-0.05, 0) is 17.7 Å². The van der Waals surface area contributed by atoms with Gasteiger partial charge in [0.15, 0.2) is 0 Å². The van der Waals surface area contributed by atoms with Crippen LogP contribution in [0.1, 0.15) is 24.1 Å². The highest BCUT2D eigenvalue weighted by Gasteiger charge is 2.11. The topological polar surface area (TPSA) is 47.3 Å². The normalized spacial score (nSPS) is 12.7. The molecule has 0 amide bonds. The van der Waals surface area contributed by atoms with Gasteiger partial charge in [-0.2, -0.15) is 0 Å². The van der Waals surface area contributed by atoms with E-state index in [4.69, 9.17) is 10.5 Å². The van der Waals surface area contributed by atoms with Crippen LogP contribution in [0.5, 0.6) is 0 Å². The number of methoxy groups -OCH3 is 1. The molecule has 0 fully saturated rings. The molecule has 3 nitrogen and oxygen atoms in total. The summed E-state index contributed by atoms with van der Waals surface area (Å²) in [5, 5.41) is 3.37. The van der Waals surface area contributed by atoms with Crippen molar-refractivity contribution < 1.29 is 4.74 Å². The highest BCUT2D eigenvalue weighted by molar-refractivity contribution is 5.29. The molecule has 0 aromatic heterocycles. The highest BCUT2D eigenvalue weighted by atomic mass is 16.5. The largest absolute Gasteiger partial charge is 0.380 e. The molecule has 0 aliphatic carbocycles. The molecule has 84 valence electrons. The number of rotatable bonds is 6.